The largest absolute Gasteiger partial charge is 0.462 e. The van der Waals surface area contributed by atoms with Gasteiger partial charge < -0.3 is 19.2 Å². The van der Waals surface area contributed by atoms with Gasteiger partial charge in [0.15, 0.2) is 5.16 Å². The van der Waals surface area contributed by atoms with E-state index in [2.05, 4.69) is 33.1 Å². The molecule has 4 rings (SSSR count). The van der Waals surface area contributed by atoms with Crippen LogP contribution in [0.15, 0.2) is 23.5 Å². The van der Waals surface area contributed by atoms with Crippen LogP contribution in [0.5, 0.6) is 0 Å². The van der Waals surface area contributed by atoms with Gasteiger partial charge in [0.25, 0.3) is 0 Å². The summed E-state index contributed by atoms with van der Waals surface area (Å²) in [6.07, 6.45) is 5.48. The van der Waals surface area contributed by atoms with Crippen molar-refractivity contribution in [1.29, 1.82) is 0 Å². The Morgan fingerprint density at radius 2 is 2.15 bits per heavy atom. The lowest BCUT2D eigenvalue weighted by Crippen LogP contribution is -2.18. The van der Waals surface area contributed by atoms with Gasteiger partial charge in [-0.3, -0.25) is 4.79 Å². The lowest BCUT2D eigenvalue weighted by molar-refractivity contribution is -0.113. The van der Waals surface area contributed by atoms with Crippen molar-refractivity contribution in [1.82, 2.24) is 19.3 Å². The third-order valence-corrected chi connectivity index (χ3v) is 8.08. The van der Waals surface area contributed by atoms with Crippen LogP contribution in [0.4, 0.5) is 5.00 Å². The van der Waals surface area contributed by atoms with E-state index in [0.717, 1.165) is 36.3 Å². The van der Waals surface area contributed by atoms with Gasteiger partial charge in [-0.25, -0.2) is 4.79 Å². The highest BCUT2D eigenvalue weighted by Crippen LogP contribution is 2.40. The Morgan fingerprint density at radius 1 is 1.33 bits per heavy atom. The predicted octanol–water partition coefficient (Wildman–Crippen LogP) is 3.84. The maximum absolute atomic E-state index is 12.8. The molecule has 1 aliphatic rings. The lowest BCUT2D eigenvalue weighted by atomic mass is 9.88. The molecule has 3 aromatic heterocycles. The molecule has 1 N–H and O–H groups in total. The first kappa shape index (κ1) is 23.6. The fourth-order valence-electron chi connectivity index (χ4n) is 4.02. The number of aryl methyl sites for hydroxylation is 1. The van der Waals surface area contributed by atoms with Crippen molar-refractivity contribution in [2.24, 2.45) is 20.0 Å². The molecule has 0 bridgehead atoms. The maximum Gasteiger partial charge on any atom is 0.341 e. The average Bonchev–Trinajstić information content (AvgIpc) is 3.44. The van der Waals surface area contributed by atoms with Gasteiger partial charge in [-0.15, -0.1) is 21.5 Å². The Kier molecular flexibility index (Phi) is 7.23. The van der Waals surface area contributed by atoms with Crippen molar-refractivity contribution in [3.05, 3.63) is 45.9 Å². The third-order valence-electron chi connectivity index (χ3n) is 5.89. The molecule has 0 fully saturated rings. The maximum atomic E-state index is 12.8. The zero-order valence-corrected chi connectivity index (χ0v) is 21.0. The number of hydrogen-bond acceptors (Lipinski definition) is 7. The van der Waals surface area contributed by atoms with Crippen LogP contribution < -0.4 is 5.32 Å². The van der Waals surface area contributed by atoms with Crippen LogP contribution in [-0.2, 0) is 42.9 Å². The van der Waals surface area contributed by atoms with E-state index >= 15 is 0 Å². The van der Waals surface area contributed by atoms with Gasteiger partial charge in [0.1, 0.15) is 10.8 Å². The molecular formula is C23H29N5O3S2. The first-order valence-corrected chi connectivity index (χ1v) is 12.9. The second-order valence-corrected chi connectivity index (χ2v) is 10.4. The number of nitrogens with one attached hydrogen (secondary N) is 1. The number of carbonyl (C=O) groups excluding carboxylic acids is 2. The Labute approximate surface area is 201 Å². The van der Waals surface area contributed by atoms with Gasteiger partial charge in [-0.1, -0.05) is 18.7 Å². The Hall–Kier alpha value is -2.59. The zero-order chi connectivity index (χ0) is 23.5. The van der Waals surface area contributed by atoms with Gasteiger partial charge in [0.05, 0.1) is 17.9 Å². The van der Waals surface area contributed by atoms with Crippen LogP contribution in [0.25, 0.3) is 0 Å². The summed E-state index contributed by atoms with van der Waals surface area (Å²) in [5, 5.41) is 12.8. The molecule has 1 aliphatic carbocycles. The van der Waals surface area contributed by atoms with Gasteiger partial charge in [-0.05, 0) is 49.8 Å². The number of amides is 1. The van der Waals surface area contributed by atoms with Crippen LogP contribution >= 0.6 is 23.1 Å². The van der Waals surface area contributed by atoms with Gasteiger partial charge in [0, 0.05) is 37.3 Å². The van der Waals surface area contributed by atoms with Crippen molar-refractivity contribution in [3.63, 3.8) is 0 Å². The molecule has 1 unspecified atom stereocenters. The van der Waals surface area contributed by atoms with Crippen LogP contribution in [0.2, 0.25) is 0 Å². The number of aromatic nitrogens is 4. The topological polar surface area (TPSA) is 91.0 Å². The average molecular weight is 488 g/mol. The number of thiophene rings is 1. The van der Waals surface area contributed by atoms with Crippen LogP contribution in [0, 0.1) is 5.92 Å². The minimum absolute atomic E-state index is 0.177. The number of ether oxygens (including phenoxy) is 1. The molecule has 3 aromatic rings. The minimum Gasteiger partial charge on any atom is -0.462 e. The first-order valence-electron chi connectivity index (χ1n) is 11.1. The molecule has 0 aliphatic heterocycles. The molecule has 0 spiro atoms. The molecule has 33 heavy (non-hydrogen) atoms. The molecule has 0 saturated heterocycles. The fourth-order valence-corrected chi connectivity index (χ4v) is 6.16. The van der Waals surface area contributed by atoms with E-state index in [1.165, 1.54) is 28.0 Å². The molecule has 1 amide bonds. The number of anilines is 1. The van der Waals surface area contributed by atoms with E-state index < -0.39 is 0 Å². The van der Waals surface area contributed by atoms with E-state index in [4.69, 9.17) is 4.74 Å². The van der Waals surface area contributed by atoms with E-state index in [-0.39, 0.29) is 17.6 Å². The second kappa shape index (κ2) is 10.1. The Morgan fingerprint density at radius 3 is 2.88 bits per heavy atom. The molecule has 10 heteroatoms. The van der Waals surface area contributed by atoms with E-state index in [0.29, 0.717) is 34.7 Å². The highest BCUT2D eigenvalue weighted by molar-refractivity contribution is 7.99. The summed E-state index contributed by atoms with van der Waals surface area (Å²) in [6, 6.07) is 4.05. The number of carbonyl (C=O) groups is 2. The molecule has 176 valence electrons. The first-order chi connectivity index (χ1) is 15.9. The summed E-state index contributed by atoms with van der Waals surface area (Å²) >= 11 is 2.83. The van der Waals surface area contributed by atoms with Gasteiger partial charge >= 0.3 is 5.97 Å². The number of nitrogens with zero attached hydrogens (tertiary/aromatic N) is 4. The third kappa shape index (κ3) is 5.16. The Balaban J connectivity index is 1.43. The van der Waals surface area contributed by atoms with Crippen molar-refractivity contribution >= 4 is 40.0 Å². The molecule has 3 heterocycles. The summed E-state index contributed by atoms with van der Waals surface area (Å²) < 4.78 is 9.26. The van der Waals surface area contributed by atoms with Gasteiger partial charge in [0.2, 0.25) is 5.91 Å². The summed E-state index contributed by atoms with van der Waals surface area (Å²) in [6.45, 7) is 4.31. The molecule has 0 radical (unpaired) electrons. The summed E-state index contributed by atoms with van der Waals surface area (Å²) in [5.74, 6) is 1.06. The highest BCUT2D eigenvalue weighted by Gasteiger charge is 2.29. The summed E-state index contributed by atoms with van der Waals surface area (Å²) in [7, 11) is 3.91. The lowest BCUT2D eigenvalue weighted by Gasteiger charge is -2.18. The SMILES string of the molecule is CCOC(=O)c1c(NC(=O)CSc2nnc(Cc3cccn3C)n2C)sc2c1CCC(C)C2. The number of rotatable bonds is 8. The highest BCUT2D eigenvalue weighted by atomic mass is 32.2. The standard InChI is InChI=1S/C23H29N5O3S2/c1-5-31-22(30)20-16-9-8-14(2)11-17(16)33-21(20)24-19(29)13-32-23-26-25-18(28(23)4)12-15-7-6-10-27(15)3/h6-7,10,14H,5,8-9,11-13H2,1-4H3,(H,24,29). The van der Waals surface area contributed by atoms with Crippen molar-refractivity contribution in [2.45, 2.75) is 44.7 Å². The van der Waals surface area contributed by atoms with Gasteiger partial charge in [-0.2, -0.15) is 0 Å². The van der Waals surface area contributed by atoms with E-state index in [1.54, 1.807) is 6.92 Å². The molecule has 8 nitrogen and oxygen atoms in total. The number of hydrogen-bond donors (Lipinski definition) is 1. The number of esters is 1. The molecular weight excluding hydrogens is 458 g/mol. The van der Waals surface area contributed by atoms with Crippen LogP contribution in [-0.4, -0.2) is 43.6 Å². The quantitative estimate of drug-likeness (QED) is 0.384. The second-order valence-electron chi connectivity index (χ2n) is 8.36. The molecule has 0 aromatic carbocycles. The smallest absolute Gasteiger partial charge is 0.341 e. The van der Waals surface area contributed by atoms with Crippen molar-refractivity contribution < 1.29 is 14.3 Å². The van der Waals surface area contributed by atoms with Crippen molar-refractivity contribution in [3.8, 4) is 0 Å². The van der Waals surface area contributed by atoms with E-state index in [9.17, 15) is 9.59 Å². The van der Waals surface area contributed by atoms with Crippen molar-refractivity contribution in [2.75, 3.05) is 17.7 Å². The fraction of sp³-hybridized carbons (Fsp3) is 0.478. The predicted molar refractivity (Wildman–Crippen MR) is 130 cm³/mol. The molecule has 1 atom stereocenters. The number of thioether (sulfide) groups is 1. The molecule has 0 saturated carbocycles. The normalized spacial score (nSPS) is 15.3. The summed E-state index contributed by atoms with van der Waals surface area (Å²) in [5.41, 5.74) is 2.71. The van der Waals surface area contributed by atoms with E-state index in [1.807, 2.05) is 30.9 Å². The Bertz CT molecular complexity index is 1160. The van der Waals surface area contributed by atoms with Crippen LogP contribution in [0.1, 0.15) is 52.6 Å². The monoisotopic (exact) mass is 487 g/mol. The van der Waals surface area contributed by atoms with Crippen LogP contribution in [0.3, 0.4) is 0 Å². The number of fused-ring (bicyclic) bond motifs is 1. The zero-order valence-electron chi connectivity index (χ0n) is 19.4. The summed E-state index contributed by atoms with van der Waals surface area (Å²) in [4.78, 5) is 26.6. The minimum atomic E-state index is -0.355.